The van der Waals surface area contributed by atoms with Crippen LogP contribution in [-0.2, 0) is 28.6 Å². The minimum absolute atomic E-state index is 0.0309. The Balaban J connectivity index is 4.27. The number of carbonyl (C=O) groups excluding carboxylic acids is 3. The maximum Gasteiger partial charge on any atom is 0.306 e. The Hall–Kier alpha value is -3.23. The smallest absolute Gasteiger partial charge is 0.306 e. The van der Waals surface area contributed by atoms with Crippen LogP contribution in [0, 0.1) is 0 Å². The molecule has 350 valence electrons. The molecule has 2 atom stereocenters. The zero-order valence-corrected chi connectivity index (χ0v) is 39.8. The largest absolute Gasteiger partial charge is 0.544 e. The number of ether oxygens (including phenoxy) is 3. The molecule has 0 saturated heterocycles. The van der Waals surface area contributed by atoms with E-state index >= 15 is 0 Å². The first-order valence-corrected chi connectivity index (χ1v) is 24.5. The van der Waals surface area contributed by atoms with Gasteiger partial charge in [-0.1, -0.05) is 177 Å². The fourth-order valence-electron chi connectivity index (χ4n) is 6.84. The van der Waals surface area contributed by atoms with Crippen molar-refractivity contribution in [2.75, 3.05) is 41.0 Å². The second-order valence-electron chi connectivity index (χ2n) is 17.4. The number of esters is 2. The van der Waals surface area contributed by atoms with E-state index in [1.165, 1.54) is 83.5 Å². The number of unbranched alkanes of at least 4 members (excludes halogenated alkanes) is 19. The molecule has 0 heterocycles. The number of rotatable bonds is 43. The third kappa shape index (κ3) is 41.9. The first-order valence-electron chi connectivity index (χ1n) is 24.5. The molecular weight excluding hydrogens is 763 g/mol. The SMILES string of the molecule is CC/C=C/C=C/C=C/CCCCCCCCCC(=O)OC(COCCC(C(=O)[O-])[N+](C)(C)C)COC(=O)CCCCCCCCCCC/C=C/C/C=C/C/C=C/CCCCC. The van der Waals surface area contributed by atoms with Gasteiger partial charge in [0, 0.05) is 19.3 Å². The summed E-state index contributed by atoms with van der Waals surface area (Å²) in [5.74, 6) is -1.76. The Bertz CT molecular complexity index is 1230. The average Bonchev–Trinajstić information content (AvgIpc) is 3.22. The van der Waals surface area contributed by atoms with Gasteiger partial charge >= 0.3 is 11.9 Å². The van der Waals surface area contributed by atoms with Crippen LogP contribution in [0.15, 0.2) is 72.9 Å². The molecule has 0 aromatic carbocycles. The number of quaternary nitrogens is 1. The van der Waals surface area contributed by atoms with Crippen LogP contribution in [0.2, 0.25) is 0 Å². The Morgan fingerprint density at radius 2 is 0.984 bits per heavy atom. The van der Waals surface area contributed by atoms with Gasteiger partial charge < -0.3 is 28.6 Å². The molecule has 0 spiro atoms. The molecule has 2 unspecified atom stereocenters. The van der Waals surface area contributed by atoms with Crippen LogP contribution in [0.3, 0.4) is 0 Å². The maximum atomic E-state index is 12.7. The minimum atomic E-state index is -1.13. The van der Waals surface area contributed by atoms with E-state index in [0.717, 1.165) is 77.0 Å². The highest BCUT2D eigenvalue weighted by Crippen LogP contribution is 2.14. The van der Waals surface area contributed by atoms with Crippen molar-refractivity contribution in [2.45, 2.75) is 206 Å². The standard InChI is InChI=1S/C53H91NO7/c1-6-8-10-12-14-16-18-20-22-23-24-25-26-27-28-30-31-33-35-37-39-41-43-51(55)60-48-49(47-59-46-45-50(53(57)58)54(3,4)5)61-52(56)44-42-40-38-36-34-32-29-21-19-17-15-13-11-9-7-2/h9,11,13-17,19-20,22,24-25,49-50H,6-8,10,12,18,21,23,26-48H2,1-5H3/b11-9+,15-13+,16-14+,19-17+,22-20+,25-24+. The van der Waals surface area contributed by atoms with Gasteiger partial charge in [-0.3, -0.25) is 9.59 Å². The normalized spacial score (nSPS) is 13.5. The molecule has 0 aliphatic heterocycles. The van der Waals surface area contributed by atoms with Crippen molar-refractivity contribution in [2.24, 2.45) is 0 Å². The molecule has 0 aromatic heterocycles. The minimum Gasteiger partial charge on any atom is -0.544 e. The Kier molecular flexibility index (Phi) is 41.1. The van der Waals surface area contributed by atoms with Gasteiger partial charge in [0.1, 0.15) is 12.6 Å². The molecule has 8 nitrogen and oxygen atoms in total. The molecule has 0 rings (SSSR count). The highest BCUT2D eigenvalue weighted by atomic mass is 16.6. The number of likely N-dealkylation sites (N-methyl/N-ethyl adjacent to an activating group) is 1. The average molecular weight is 854 g/mol. The lowest BCUT2D eigenvalue weighted by atomic mass is 10.1. The molecule has 0 aliphatic rings. The number of hydrogen-bond acceptors (Lipinski definition) is 7. The van der Waals surface area contributed by atoms with E-state index in [1.54, 1.807) is 21.1 Å². The lowest BCUT2D eigenvalue weighted by molar-refractivity contribution is -0.889. The van der Waals surface area contributed by atoms with Gasteiger partial charge in [-0.25, -0.2) is 0 Å². The van der Waals surface area contributed by atoms with Gasteiger partial charge in [0.2, 0.25) is 0 Å². The molecule has 61 heavy (non-hydrogen) atoms. The van der Waals surface area contributed by atoms with Crippen LogP contribution in [0.1, 0.15) is 194 Å². The second-order valence-corrected chi connectivity index (χ2v) is 17.4. The number of carbonyl (C=O) groups is 3. The number of nitrogens with zero attached hydrogens (tertiary/aromatic N) is 1. The van der Waals surface area contributed by atoms with Crippen LogP contribution >= 0.6 is 0 Å². The van der Waals surface area contributed by atoms with Crippen molar-refractivity contribution in [3.63, 3.8) is 0 Å². The van der Waals surface area contributed by atoms with E-state index in [1.807, 2.05) is 0 Å². The first-order chi connectivity index (χ1) is 29.6. The predicted octanol–water partition coefficient (Wildman–Crippen LogP) is 12.6. The highest BCUT2D eigenvalue weighted by molar-refractivity contribution is 5.70. The quantitative estimate of drug-likeness (QED) is 0.0198. The van der Waals surface area contributed by atoms with Gasteiger partial charge in [0.25, 0.3) is 0 Å². The number of aliphatic carboxylic acids is 1. The van der Waals surface area contributed by atoms with E-state index in [9.17, 15) is 19.5 Å². The Morgan fingerprint density at radius 1 is 0.525 bits per heavy atom. The summed E-state index contributed by atoms with van der Waals surface area (Å²) in [4.78, 5) is 37.0. The molecule has 0 bridgehead atoms. The van der Waals surface area contributed by atoms with Gasteiger partial charge in [-0.15, -0.1) is 0 Å². The van der Waals surface area contributed by atoms with Gasteiger partial charge in [-0.05, 0) is 70.6 Å². The number of carboxylic acids is 1. The number of hydrogen-bond donors (Lipinski definition) is 0. The molecular formula is C53H91NO7. The zero-order chi connectivity index (χ0) is 44.9. The van der Waals surface area contributed by atoms with Crippen LogP contribution in [0.4, 0.5) is 0 Å². The van der Waals surface area contributed by atoms with Crippen LogP contribution in [0.5, 0.6) is 0 Å². The third-order valence-corrected chi connectivity index (χ3v) is 10.6. The summed E-state index contributed by atoms with van der Waals surface area (Å²) < 4.78 is 17.2. The Morgan fingerprint density at radius 3 is 1.49 bits per heavy atom. The summed E-state index contributed by atoms with van der Waals surface area (Å²) in [7, 11) is 5.40. The molecule has 0 radical (unpaired) electrons. The molecule has 0 aliphatic carbocycles. The summed E-state index contributed by atoms with van der Waals surface area (Å²) in [6.45, 7) is 4.49. The topological polar surface area (TPSA) is 102 Å². The van der Waals surface area contributed by atoms with Gasteiger partial charge in [0.15, 0.2) is 6.10 Å². The van der Waals surface area contributed by atoms with Crippen LogP contribution < -0.4 is 5.11 Å². The molecule has 0 amide bonds. The third-order valence-electron chi connectivity index (χ3n) is 10.6. The first kappa shape index (κ1) is 57.8. The molecule has 0 saturated carbocycles. The fourth-order valence-corrected chi connectivity index (χ4v) is 6.84. The van der Waals surface area contributed by atoms with E-state index in [2.05, 4.69) is 86.8 Å². The number of carboxylic acid groups (broad SMARTS) is 1. The summed E-state index contributed by atoms with van der Waals surface area (Å²) in [6.07, 6.45) is 55.0. The monoisotopic (exact) mass is 854 g/mol. The van der Waals surface area contributed by atoms with Crippen molar-refractivity contribution < 1.29 is 38.2 Å². The highest BCUT2D eigenvalue weighted by Gasteiger charge is 2.25. The summed E-state index contributed by atoms with van der Waals surface area (Å²) in [5.41, 5.74) is 0. The van der Waals surface area contributed by atoms with Crippen molar-refractivity contribution in [3.05, 3.63) is 72.9 Å². The van der Waals surface area contributed by atoms with Gasteiger partial charge in [0.05, 0.1) is 40.3 Å². The number of allylic oxidation sites excluding steroid dienone is 12. The van der Waals surface area contributed by atoms with E-state index in [0.29, 0.717) is 12.8 Å². The zero-order valence-electron chi connectivity index (χ0n) is 39.8. The fraction of sp³-hybridized carbons (Fsp3) is 0.717. The molecule has 0 N–H and O–H groups in total. The molecule has 0 aromatic rings. The van der Waals surface area contributed by atoms with E-state index < -0.39 is 18.1 Å². The lowest BCUT2D eigenvalue weighted by Gasteiger charge is -2.34. The summed E-state index contributed by atoms with van der Waals surface area (Å²) >= 11 is 0. The lowest BCUT2D eigenvalue weighted by Crippen LogP contribution is -2.55. The molecule has 0 fully saturated rings. The van der Waals surface area contributed by atoms with Crippen LogP contribution in [0.25, 0.3) is 0 Å². The molecule has 8 heteroatoms. The van der Waals surface area contributed by atoms with Gasteiger partial charge in [-0.2, -0.15) is 0 Å². The summed E-state index contributed by atoms with van der Waals surface area (Å²) in [6, 6.07) is -0.732. The Labute approximate surface area is 374 Å². The van der Waals surface area contributed by atoms with Crippen molar-refractivity contribution in [1.82, 2.24) is 0 Å². The van der Waals surface area contributed by atoms with E-state index in [-0.39, 0.29) is 42.7 Å². The summed E-state index contributed by atoms with van der Waals surface area (Å²) in [5, 5.41) is 11.6. The maximum absolute atomic E-state index is 12.7. The second kappa shape index (κ2) is 43.4. The van der Waals surface area contributed by atoms with E-state index in [4.69, 9.17) is 14.2 Å². The predicted molar refractivity (Wildman–Crippen MR) is 254 cm³/mol. The van der Waals surface area contributed by atoms with Crippen molar-refractivity contribution in [1.29, 1.82) is 0 Å². The van der Waals surface area contributed by atoms with Crippen molar-refractivity contribution in [3.8, 4) is 0 Å². The van der Waals surface area contributed by atoms with Crippen molar-refractivity contribution >= 4 is 17.9 Å². The van der Waals surface area contributed by atoms with Crippen LogP contribution in [-0.4, -0.2) is 75.5 Å².